The zero-order valence-electron chi connectivity index (χ0n) is 12.1. The topological polar surface area (TPSA) is 39.1 Å². The van der Waals surface area contributed by atoms with Crippen LogP contribution in [0.25, 0.3) is 0 Å². The summed E-state index contributed by atoms with van der Waals surface area (Å²) in [6.45, 7) is 4.08. The molecule has 106 valence electrons. The number of hydrogen-bond acceptors (Lipinski definition) is 2. The Bertz CT molecular complexity index is 684. The monoisotopic (exact) mass is 289 g/mol. The Morgan fingerprint density at radius 3 is 2.20 bits per heavy atom. The first-order valence-electron chi connectivity index (χ1n) is 6.52. The van der Waals surface area contributed by atoms with Gasteiger partial charge < -0.3 is 4.57 Å². The van der Waals surface area contributed by atoms with Crippen molar-refractivity contribution in [2.45, 2.75) is 25.4 Å². The highest BCUT2D eigenvalue weighted by atomic mass is 32.2. The first-order valence-corrected chi connectivity index (χ1v) is 8.00. The Kier molecular flexibility index (Phi) is 4.55. The summed E-state index contributed by atoms with van der Waals surface area (Å²) >= 11 is 0. The summed E-state index contributed by atoms with van der Waals surface area (Å²) in [6.07, 6.45) is 1.71. The third-order valence-electron chi connectivity index (χ3n) is 3.11. The highest BCUT2D eigenvalue weighted by molar-refractivity contribution is 7.83. The molecule has 0 aliphatic heterocycles. The summed E-state index contributed by atoms with van der Waals surface area (Å²) in [6, 6.07) is 9.64. The van der Waals surface area contributed by atoms with Crippen molar-refractivity contribution in [3.63, 3.8) is 0 Å². The van der Waals surface area contributed by atoms with Crippen LogP contribution in [0.5, 0.6) is 0 Å². The molecule has 1 aromatic carbocycles. The zero-order chi connectivity index (χ0) is 14.7. The van der Waals surface area contributed by atoms with E-state index in [2.05, 4.69) is 18.2 Å². The predicted octanol–water partition coefficient (Wildman–Crippen LogP) is 2.45. The summed E-state index contributed by atoms with van der Waals surface area (Å²) in [5.41, 5.74) is 4.22. The highest BCUT2D eigenvalue weighted by Crippen LogP contribution is 2.12. The van der Waals surface area contributed by atoms with Crippen LogP contribution in [0.3, 0.4) is 0 Å². The normalized spacial score (nSPS) is 12.3. The second-order valence-electron chi connectivity index (χ2n) is 5.21. The largest absolute Gasteiger partial charge is 0.319 e. The molecule has 20 heavy (non-hydrogen) atoms. The zero-order valence-corrected chi connectivity index (χ0v) is 12.9. The van der Waals surface area contributed by atoms with Crippen molar-refractivity contribution in [2.75, 3.05) is 0 Å². The molecule has 1 aromatic heterocycles. The smallest absolute Gasteiger partial charge is 0.250 e. The van der Waals surface area contributed by atoms with Crippen LogP contribution in [0.2, 0.25) is 0 Å². The van der Waals surface area contributed by atoms with Crippen molar-refractivity contribution in [1.82, 2.24) is 4.57 Å². The van der Waals surface area contributed by atoms with Crippen molar-refractivity contribution in [3.8, 4) is 0 Å². The van der Waals surface area contributed by atoms with Gasteiger partial charge in [-0.25, -0.2) is 0 Å². The lowest BCUT2D eigenvalue weighted by Crippen LogP contribution is -2.15. The average molecular weight is 289 g/mol. The Hall–Kier alpha value is -1.68. The number of benzene rings is 1. The number of hydrogen-bond donors (Lipinski definition) is 0. The fourth-order valence-corrected chi connectivity index (χ4v) is 3.45. The van der Waals surface area contributed by atoms with Gasteiger partial charge in [0.2, 0.25) is 0 Å². The molecular weight excluding hydrogens is 270 g/mol. The number of aromatic nitrogens is 1. The second kappa shape index (κ2) is 6.18. The van der Waals surface area contributed by atoms with Gasteiger partial charge in [-0.15, -0.1) is 0 Å². The minimum Gasteiger partial charge on any atom is -0.319 e. The van der Waals surface area contributed by atoms with Crippen molar-refractivity contribution < 1.29 is 4.21 Å². The maximum Gasteiger partial charge on any atom is 0.250 e. The standard InChI is InChI=1S/C16H19NO2S/c1-12-6-13(2)8-15(7-12)11-20(19)10-14-4-5-17(3)16(18)9-14/h4-9H,10-11H2,1-3H3/t20-/m1/s1. The van der Waals surface area contributed by atoms with E-state index in [1.165, 1.54) is 15.7 Å². The van der Waals surface area contributed by atoms with E-state index in [4.69, 9.17) is 0 Å². The van der Waals surface area contributed by atoms with E-state index in [-0.39, 0.29) is 5.56 Å². The molecule has 0 amide bonds. The first kappa shape index (κ1) is 14.7. The van der Waals surface area contributed by atoms with Gasteiger partial charge in [-0.05, 0) is 31.0 Å². The van der Waals surface area contributed by atoms with E-state index >= 15 is 0 Å². The van der Waals surface area contributed by atoms with Gasteiger partial charge >= 0.3 is 0 Å². The van der Waals surface area contributed by atoms with Gasteiger partial charge in [0, 0.05) is 41.6 Å². The number of aryl methyl sites for hydroxylation is 3. The quantitative estimate of drug-likeness (QED) is 0.867. The molecule has 0 fully saturated rings. The molecule has 2 aromatic rings. The summed E-state index contributed by atoms with van der Waals surface area (Å²) in [5.74, 6) is 0.945. The molecule has 0 bridgehead atoms. The van der Waals surface area contributed by atoms with Crippen molar-refractivity contribution in [2.24, 2.45) is 7.05 Å². The van der Waals surface area contributed by atoms with E-state index in [0.29, 0.717) is 11.5 Å². The molecule has 1 heterocycles. The molecule has 1 atom stereocenters. The van der Waals surface area contributed by atoms with E-state index < -0.39 is 10.8 Å². The number of rotatable bonds is 4. The molecule has 2 rings (SSSR count). The minimum atomic E-state index is -1.00. The van der Waals surface area contributed by atoms with E-state index in [0.717, 1.165) is 11.1 Å². The van der Waals surface area contributed by atoms with Gasteiger partial charge in [0.15, 0.2) is 0 Å². The average Bonchev–Trinajstić information content (AvgIpc) is 2.32. The highest BCUT2D eigenvalue weighted by Gasteiger charge is 2.05. The van der Waals surface area contributed by atoms with Crippen LogP contribution in [0.1, 0.15) is 22.3 Å². The van der Waals surface area contributed by atoms with E-state index in [1.807, 2.05) is 19.9 Å². The van der Waals surface area contributed by atoms with Gasteiger partial charge in [0.25, 0.3) is 5.56 Å². The van der Waals surface area contributed by atoms with Crippen LogP contribution in [-0.2, 0) is 29.4 Å². The molecule has 0 saturated heterocycles. The molecule has 0 spiro atoms. The van der Waals surface area contributed by atoms with Crippen LogP contribution in [0.4, 0.5) is 0 Å². The lowest BCUT2D eigenvalue weighted by Gasteiger charge is -2.06. The fourth-order valence-electron chi connectivity index (χ4n) is 2.25. The molecule has 0 radical (unpaired) electrons. The van der Waals surface area contributed by atoms with Gasteiger partial charge in [0.05, 0.1) is 0 Å². The van der Waals surface area contributed by atoms with Gasteiger partial charge in [0.1, 0.15) is 0 Å². The van der Waals surface area contributed by atoms with Crippen LogP contribution in [0.15, 0.2) is 41.3 Å². The molecular formula is C16H19NO2S. The second-order valence-corrected chi connectivity index (χ2v) is 6.67. The van der Waals surface area contributed by atoms with Gasteiger partial charge in [-0.3, -0.25) is 9.00 Å². The number of nitrogens with zero attached hydrogens (tertiary/aromatic N) is 1. The lowest BCUT2D eigenvalue weighted by molar-refractivity contribution is 0.682. The lowest BCUT2D eigenvalue weighted by atomic mass is 10.1. The van der Waals surface area contributed by atoms with Crippen molar-refractivity contribution in [1.29, 1.82) is 0 Å². The SMILES string of the molecule is Cc1cc(C)cc(C[S@](=O)Cc2ccn(C)c(=O)c2)c1. The molecule has 0 aliphatic rings. The van der Waals surface area contributed by atoms with Gasteiger partial charge in [-0.2, -0.15) is 0 Å². The third kappa shape index (κ3) is 3.90. The van der Waals surface area contributed by atoms with Gasteiger partial charge in [-0.1, -0.05) is 29.3 Å². The first-order chi connectivity index (χ1) is 9.44. The summed E-state index contributed by atoms with van der Waals surface area (Å²) in [4.78, 5) is 11.5. The maximum atomic E-state index is 12.2. The van der Waals surface area contributed by atoms with E-state index in [9.17, 15) is 9.00 Å². The Morgan fingerprint density at radius 2 is 1.60 bits per heavy atom. The predicted molar refractivity (Wildman–Crippen MR) is 83.1 cm³/mol. The minimum absolute atomic E-state index is 0.0640. The van der Waals surface area contributed by atoms with Crippen LogP contribution < -0.4 is 5.56 Å². The summed E-state index contributed by atoms with van der Waals surface area (Å²) in [5, 5.41) is 0. The van der Waals surface area contributed by atoms with Crippen molar-refractivity contribution in [3.05, 3.63) is 69.1 Å². The summed E-state index contributed by atoms with van der Waals surface area (Å²) < 4.78 is 13.7. The molecule has 0 saturated carbocycles. The Labute approximate surface area is 121 Å². The molecule has 4 heteroatoms. The van der Waals surface area contributed by atoms with Crippen LogP contribution in [-0.4, -0.2) is 8.78 Å². The summed E-state index contributed by atoms with van der Waals surface area (Å²) in [7, 11) is 0.705. The van der Waals surface area contributed by atoms with Crippen molar-refractivity contribution >= 4 is 10.8 Å². The number of pyridine rings is 1. The van der Waals surface area contributed by atoms with Crippen LogP contribution in [0, 0.1) is 13.8 Å². The Balaban J connectivity index is 2.08. The molecule has 0 N–H and O–H groups in total. The maximum absolute atomic E-state index is 12.2. The molecule has 0 unspecified atom stereocenters. The Morgan fingerprint density at radius 1 is 1.00 bits per heavy atom. The molecule has 3 nitrogen and oxygen atoms in total. The fraction of sp³-hybridized carbons (Fsp3) is 0.312. The third-order valence-corrected chi connectivity index (χ3v) is 4.42. The van der Waals surface area contributed by atoms with E-state index in [1.54, 1.807) is 19.3 Å². The molecule has 0 aliphatic carbocycles. The van der Waals surface area contributed by atoms with Crippen LogP contribution >= 0.6 is 0 Å².